The fourth-order valence-electron chi connectivity index (χ4n) is 3.37. The van der Waals surface area contributed by atoms with Crippen molar-refractivity contribution in [1.29, 1.82) is 0 Å². The van der Waals surface area contributed by atoms with Crippen LogP contribution in [-0.4, -0.2) is 76.7 Å². The van der Waals surface area contributed by atoms with Gasteiger partial charge in [-0.15, -0.1) is 0 Å². The molecule has 1 fully saturated rings. The number of hydrogen-bond acceptors (Lipinski definition) is 5. The fraction of sp³-hybridized carbons (Fsp3) is 0.600. The highest BCUT2D eigenvalue weighted by atomic mass is 16.7. The van der Waals surface area contributed by atoms with Gasteiger partial charge >= 0.3 is 0 Å². The first kappa shape index (κ1) is 20.4. The second kappa shape index (κ2) is 9.75. The van der Waals surface area contributed by atoms with Crippen LogP contribution in [0.25, 0.3) is 0 Å². The minimum atomic E-state index is -0.366. The summed E-state index contributed by atoms with van der Waals surface area (Å²) in [5.41, 5.74) is 0.441. The molecule has 1 aromatic carbocycles. The highest BCUT2D eigenvalue weighted by molar-refractivity contribution is 6.01. The molecule has 0 saturated carbocycles. The van der Waals surface area contributed by atoms with Crippen molar-refractivity contribution in [3.8, 4) is 11.5 Å². The largest absolute Gasteiger partial charge is 0.462 e. The van der Waals surface area contributed by atoms with Crippen molar-refractivity contribution in [2.45, 2.75) is 25.8 Å². The average Bonchev–Trinajstić information content (AvgIpc) is 3.18. The van der Waals surface area contributed by atoms with Crippen LogP contribution in [0.5, 0.6) is 11.5 Å². The molecule has 1 amide bonds. The number of hydrogen-bond donors (Lipinski definition) is 1. The van der Waals surface area contributed by atoms with Crippen LogP contribution >= 0.6 is 0 Å². The number of ether oxygens (including phenoxy) is 4. The van der Waals surface area contributed by atoms with Crippen LogP contribution in [0.4, 0.5) is 0 Å². The number of aliphatic imine (C=N–C) groups is 1. The zero-order valence-electron chi connectivity index (χ0n) is 16.9. The number of amides is 1. The Balaban J connectivity index is 1.73. The van der Waals surface area contributed by atoms with Gasteiger partial charge in [-0.05, 0) is 25.1 Å². The Labute approximate surface area is 166 Å². The van der Waals surface area contributed by atoms with Crippen molar-refractivity contribution in [3.05, 3.63) is 23.8 Å². The lowest BCUT2D eigenvalue weighted by atomic mass is 10.0. The molecule has 0 aliphatic carbocycles. The van der Waals surface area contributed by atoms with Gasteiger partial charge < -0.3 is 28.7 Å². The Morgan fingerprint density at radius 3 is 2.75 bits per heavy atom. The summed E-state index contributed by atoms with van der Waals surface area (Å²) in [5, 5.41) is 0. The predicted molar refractivity (Wildman–Crippen MR) is 104 cm³/mol. The molecule has 1 aromatic rings. The number of benzene rings is 1. The first-order valence-corrected chi connectivity index (χ1v) is 9.85. The van der Waals surface area contributed by atoms with Gasteiger partial charge in [0.15, 0.2) is 11.5 Å². The number of nitrogens with zero attached hydrogens (tertiary/aromatic N) is 2. The maximum atomic E-state index is 12.8. The molecule has 0 spiro atoms. The van der Waals surface area contributed by atoms with E-state index in [0.717, 1.165) is 25.9 Å². The molecule has 2 aliphatic rings. The first-order valence-electron chi connectivity index (χ1n) is 9.85. The fourth-order valence-corrected chi connectivity index (χ4v) is 3.37. The molecule has 0 atom stereocenters. The Morgan fingerprint density at radius 2 is 2.00 bits per heavy atom. The van der Waals surface area contributed by atoms with E-state index in [0.29, 0.717) is 48.9 Å². The van der Waals surface area contributed by atoms with Crippen molar-refractivity contribution >= 4 is 11.9 Å². The second-order valence-corrected chi connectivity index (χ2v) is 7.11. The SMILES string of the molecule is CCOCCOC(=NC(=O)c1ccc2c(c1)OCO2)N(C)C1CC[NH+](C)CC1. The summed E-state index contributed by atoms with van der Waals surface area (Å²) < 4.78 is 21.8. The number of amidine groups is 1. The van der Waals surface area contributed by atoms with Crippen LogP contribution < -0.4 is 14.4 Å². The van der Waals surface area contributed by atoms with E-state index in [1.54, 1.807) is 18.2 Å². The van der Waals surface area contributed by atoms with Crippen molar-refractivity contribution in [3.63, 3.8) is 0 Å². The quantitative estimate of drug-likeness (QED) is 0.434. The van der Waals surface area contributed by atoms with E-state index in [1.165, 1.54) is 4.90 Å². The highest BCUT2D eigenvalue weighted by Crippen LogP contribution is 2.32. The van der Waals surface area contributed by atoms with E-state index in [9.17, 15) is 4.79 Å². The normalized spacial score (nSPS) is 21.5. The predicted octanol–water partition coefficient (Wildman–Crippen LogP) is 0.574. The summed E-state index contributed by atoms with van der Waals surface area (Å²) in [4.78, 5) is 20.6. The lowest BCUT2D eigenvalue weighted by Gasteiger charge is -2.34. The number of carbonyl (C=O) groups is 1. The summed E-state index contributed by atoms with van der Waals surface area (Å²) in [6.45, 7) is 5.73. The van der Waals surface area contributed by atoms with E-state index < -0.39 is 0 Å². The molecule has 3 rings (SSSR count). The van der Waals surface area contributed by atoms with Crippen molar-refractivity contribution in [2.24, 2.45) is 4.99 Å². The van der Waals surface area contributed by atoms with E-state index in [2.05, 4.69) is 12.0 Å². The Kier molecular flexibility index (Phi) is 7.11. The van der Waals surface area contributed by atoms with Gasteiger partial charge in [-0.25, -0.2) is 0 Å². The maximum absolute atomic E-state index is 12.8. The smallest absolute Gasteiger partial charge is 0.295 e. The van der Waals surface area contributed by atoms with Gasteiger partial charge in [-0.2, -0.15) is 4.99 Å². The van der Waals surface area contributed by atoms with Gasteiger partial charge in [0.1, 0.15) is 6.61 Å². The van der Waals surface area contributed by atoms with Crippen LogP contribution in [0.2, 0.25) is 0 Å². The number of nitrogens with one attached hydrogen (secondary N) is 1. The van der Waals surface area contributed by atoms with E-state index in [1.807, 2.05) is 18.9 Å². The van der Waals surface area contributed by atoms with Crippen LogP contribution in [0.15, 0.2) is 23.2 Å². The van der Waals surface area contributed by atoms with Crippen LogP contribution in [-0.2, 0) is 9.47 Å². The third-order valence-corrected chi connectivity index (χ3v) is 5.14. The van der Waals surface area contributed by atoms with E-state index in [-0.39, 0.29) is 12.7 Å². The summed E-state index contributed by atoms with van der Waals surface area (Å²) in [5.74, 6) is 0.835. The number of carbonyl (C=O) groups excluding carboxylic acids is 1. The monoisotopic (exact) mass is 392 g/mol. The Morgan fingerprint density at radius 1 is 1.25 bits per heavy atom. The second-order valence-electron chi connectivity index (χ2n) is 7.11. The zero-order valence-corrected chi connectivity index (χ0v) is 16.9. The molecule has 1 N–H and O–H groups in total. The van der Waals surface area contributed by atoms with Gasteiger partial charge in [0.25, 0.3) is 11.9 Å². The number of fused-ring (bicyclic) bond motifs is 1. The number of rotatable bonds is 6. The van der Waals surface area contributed by atoms with Gasteiger partial charge in [0.2, 0.25) is 6.79 Å². The molecule has 154 valence electrons. The lowest BCUT2D eigenvalue weighted by Crippen LogP contribution is -3.10. The van der Waals surface area contributed by atoms with E-state index >= 15 is 0 Å². The minimum Gasteiger partial charge on any atom is -0.462 e. The summed E-state index contributed by atoms with van der Waals surface area (Å²) >= 11 is 0. The highest BCUT2D eigenvalue weighted by Gasteiger charge is 2.27. The molecular formula is C20H30N3O5+. The molecule has 1 saturated heterocycles. The number of likely N-dealkylation sites (tertiary alicyclic amines) is 1. The zero-order chi connectivity index (χ0) is 19.9. The average molecular weight is 392 g/mol. The minimum absolute atomic E-state index is 0.170. The van der Waals surface area contributed by atoms with Gasteiger partial charge in [0.05, 0.1) is 26.7 Å². The number of piperidine rings is 1. The first-order chi connectivity index (χ1) is 13.6. The van der Waals surface area contributed by atoms with Gasteiger partial charge in [0, 0.05) is 38.1 Å². The summed E-state index contributed by atoms with van der Waals surface area (Å²) in [7, 11) is 4.14. The maximum Gasteiger partial charge on any atom is 0.295 e. The van der Waals surface area contributed by atoms with E-state index in [4.69, 9.17) is 18.9 Å². The summed E-state index contributed by atoms with van der Waals surface area (Å²) in [6, 6.07) is 5.72. The third kappa shape index (κ3) is 5.14. The Hall–Kier alpha value is -2.32. The van der Waals surface area contributed by atoms with Crippen LogP contribution in [0.3, 0.4) is 0 Å². The van der Waals surface area contributed by atoms with Gasteiger partial charge in [-0.1, -0.05) is 0 Å². The third-order valence-electron chi connectivity index (χ3n) is 5.14. The van der Waals surface area contributed by atoms with Gasteiger partial charge in [-0.3, -0.25) is 4.79 Å². The molecule has 2 aliphatic heterocycles. The molecule has 0 aromatic heterocycles. The van der Waals surface area contributed by atoms with Crippen molar-refractivity contribution in [2.75, 3.05) is 53.8 Å². The molecular weight excluding hydrogens is 362 g/mol. The number of quaternary nitrogens is 1. The topological polar surface area (TPSA) is 74.0 Å². The molecule has 8 nitrogen and oxygen atoms in total. The Bertz CT molecular complexity index is 701. The molecule has 0 unspecified atom stereocenters. The molecule has 8 heteroatoms. The molecule has 2 heterocycles. The lowest BCUT2D eigenvalue weighted by molar-refractivity contribution is -0.885. The van der Waals surface area contributed by atoms with Crippen LogP contribution in [0.1, 0.15) is 30.1 Å². The molecule has 28 heavy (non-hydrogen) atoms. The molecule has 0 bridgehead atoms. The molecule has 0 radical (unpaired) electrons. The van der Waals surface area contributed by atoms with Crippen molar-refractivity contribution in [1.82, 2.24) is 4.90 Å². The standard InChI is InChI=1S/C20H29N3O5/c1-4-25-11-12-26-20(23(3)16-7-9-22(2)10-8-16)21-19(24)15-5-6-17-18(13-15)28-14-27-17/h5-6,13,16H,4,7-12,14H2,1-3H3/p+1. The summed E-state index contributed by atoms with van der Waals surface area (Å²) in [6.07, 6.45) is 2.07. The van der Waals surface area contributed by atoms with Crippen molar-refractivity contribution < 1.29 is 28.6 Å². The van der Waals surface area contributed by atoms with Crippen LogP contribution in [0, 0.1) is 0 Å².